The summed E-state index contributed by atoms with van der Waals surface area (Å²) in [5, 5.41) is 23.0. The van der Waals surface area contributed by atoms with Gasteiger partial charge in [-0.3, -0.25) is 0 Å². The highest BCUT2D eigenvalue weighted by Gasteiger charge is 2.36. The number of ether oxygens (including phenoxy) is 2. The molecule has 15 aromatic carbocycles. The molecule has 0 bridgehead atoms. The third-order valence-corrected chi connectivity index (χ3v) is 23.8. The molecule has 3 heterocycles. The van der Waals surface area contributed by atoms with Crippen LogP contribution in [0.2, 0.25) is 0 Å². The Morgan fingerprint density at radius 3 is 1.02 bits per heavy atom. The minimum Gasteiger partial charge on any atom is -0.461 e. The summed E-state index contributed by atoms with van der Waals surface area (Å²) in [6.45, 7) is 3.56. The van der Waals surface area contributed by atoms with E-state index in [0.29, 0.717) is 17.3 Å². The first kappa shape index (κ1) is 61.1. The van der Waals surface area contributed by atoms with Gasteiger partial charge in [-0.05, 0) is 136 Å². The lowest BCUT2D eigenvalue weighted by atomic mass is 9.95. The van der Waals surface area contributed by atoms with Crippen LogP contribution in [0.3, 0.4) is 0 Å². The summed E-state index contributed by atoms with van der Waals surface area (Å²) in [5.74, 6) is 0.950. The van der Waals surface area contributed by atoms with E-state index in [4.69, 9.17) is 22.7 Å². The van der Waals surface area contributed by atoms with Crippen LogP contribution in [0.1, 0.15) is 0 Å². The fraction of sp³-hybridized carbons (Fsp3) is 0.0787. The van der Waals surface area contributed by atoms with Crippen molar-refractivity contribution >= 4 is 178 Å². The van der Waals surface area contributed by atoms with E-state index in [9.17, 15) is 9.59 Å². The Labute approximate surface area is 587 Å². The van der Waals surface area contributed by atoms with Gasteiger partial charge in [0.2, 0.25) is 0 Å². The maximum Gasteiger partial charge on any atom is 0.407 e. The van der Waals surface area contributed by atoms with Crippen LogP contribution in [0.4, 0.5) is 4.79 Å². The van der Waals surface area contributed by atoms with Crippen molar-refractivity contribution in [2.45, 2.75) is 14.7 Å². The first-order chi connectivity index (χ1) is 49.3. The van der Waals surface area contributed by atoms with E-state index >= 15 is 0 Å². The third kappa shape index (κ3) is 10.7. The number of carbonyl (C=O) groups excluding carboxylic acids is 2. The molecular formula is C89H61NO7S3. The zero-order chi connectivity index (χ0) is 66.8. The largest absolute Gasteiger partial charge is 0.461 e. The van der Waals surface area contributed by atoms with Gasteiger partial charge in [0.25, 0.3) is 0 Å². The van der Waals surface area contributed by atoms with Crippen molar-refractivity contribution in [1.29, 1.82) is 0 Å². The monoisotopic (exact) mass is 1350 g/mol. The standard InChI is InChI=1S/C89H61NO7S3/c1-2-78(91)93-46-45-90-88(92)94-50-89(51-98-75-36-18-15-33-66(75)69-47-57-24-6-12-30-63(57)82-79-60-27-9-3-21-54(60)39-42-72(79)95-85(69)82,52-99-76-37-19-16-34-67(76)70-48-58-25-7-13-31-64(58)83-80-61-28-10-4-22-55(61)40-43-73(80)96-86(70)83)53-100-77-38-20-17-35-68(77)71-49-59-26-8-14-32-65(59)84-81-62-29-11-5-23-56(62)41-44-74(81)97-87(71)84/h2-44,47-49H,1,45-46,50-53H2,(H,90,92). The highest BCUT2D eigenvalue weighted by Crippen LogP contribution is 2.52. The Hall–Kier alpha value is -11.2. The summed E-state index contributed by atoms with van der Waals surface area (Å²) < 4.78 is 33.2. The van der Waals surface area contributed by atoms with Crippen molar-refractivity contribution in [3.63, 3.8) is 0 Å². The van der Waals surface area contributed by atoms with Crippen molar-refractivity contribution in [1.82, 2.24) is 5.32 Å². The minimum absolute atomic E-state index is 0.0232. The van der Waals surface area contributed by atoms with E-state index in [0.717, 1.165) is 185 Å². The van der Waals surface area contributed by atoms with Crippen molar-refractivity contribution in [2.24, 2.45) is 5.41 Å². The number of amides is 1. The Kier molecular flexibility index (Phi) is 15.6. The number of hydrogen-bond acceptors (Lipinski definition) is 10. The van der Waals surface area contributed by atoms with Crippen molar-refractivity contribution < 1.29 is 32.3 Å². The second-order valence-corrected chi connectivity index (χ2v) is 28.6. The Bertz CT molecular complexity index is 5790. The quantitative estimate of drug-likeness (QED) is 0.0387. The number of nitrogens with one attached hydrogen (secondary N) is 1. The summed E-state index contributed by atoms with van der Waals surface area (Å²) in [6.07, 6.45) is 0.486. The van der Waals surface area contributed by atoms with Gasteiger partial charge in [0.05, 0.1) is 6.54 Å². The van der Waals surface area contributed by atoms with Gasteiger partial charge >= 0.3 is 12.1 Å². The average molecular weight is 1350 g/mol. The van der Waals surface area contributed by atoms with E-state index in [1.54, 1.807) is 35.3 Å². The topological polar surface area (TPSA) is 104 Å². The zero-order valence-corrected chi connectivity index (χ0v) is 56.5. The molecule has 0 aliphatic carbocycles. The molecule has 0 fully saturated rings. The number of alkyl carbamates (subject to hydrolysis) is 1. The average Bonchev–Trinajstić information content (AvgIpc) is 1.55. The summed E-state index contributed by atoms with van der Waals surface area (Å²) in [5.41, 5.74) is 10.2. The Balaban J connectivity index is 0.791. The Morgan fingerprint density at radius 1 is 0.360 bits per heavy atom. The van der Waals surface area contributed by atoms with Crippen LogP contribution in [0.5, 0.6) is 0 Å². The van der Waals surface area contributed by atoms with Gasteiger partial charge in [0.15, 0.2) is 0 Å². The third-order valence-electron chi connectivity index (χ3n) is 19.5. The van der Waals surface area contributed by atoms with Crippen LogP contribution in [0, 0.1) is 5.41 Å². The van der Waals surface area contributed by atoms with E-state index in [1.807, 2.05) is 0 Å². The number of rotatable bonds is 18. The molecule has 100 heavy (non-hydrogen) atoms. The molecular weight excluding hydrogens is 1290 g/mol. The summed E-state index contributed by atoms with van der Waals surface area (Å²) in [4.78, 5) is 29.6. The molecule has 11 heteroatoms. The molecule has 1 N–H and O–H groups in total. The van der Waals surface area contributed by atoms with Gasteiger partial charge in [-0.15, -0.1) is 35.3 Å². The molecule has 0 aliphatic rings. The predicted molar refractivity (Wildman–Crippen MR) is 418 cm³/mol. The second kappa shape index (κ2) is 25.6. The van der Waals surface area contributed by atoms with E-state index < -0.39 is 17.5 Å². The number of carbonyl (C=O) groups is 2. The summed E-state index contributed by atoms with van der Waals surface area (Å²) in [7, 11) is 0. The smallest absolute Gasteiger partial charge is 0.407 e. The molecule has 1 amide bonds. The molecule has 0 spiro atoms. The number of esters is 1. The highest BCUT2D eigenvalue weighted by molar-refractivity contribution is 8.01. The molecule has 8 nitrogen and oxygen atoms in total. The van der Waals surface area contributed by atoms with Gasteiger partial charge in [0.1, 0.15) is 46.7 Å². The van der Waals surface area contributed by atoms with E-state index in [2.05, 4.69) is 285 Å². The SMILES string of the molecule is C=CC(=O)OCCNC(=O)OCC(CSc1ccccc1-c1cc2ccccc2c2c1oc1ccc3ccccc3c12)(CSc1ccccc1-c1cc2ccccc2c2c1oc1ccc3ccccc3c12)CSc1ccccc1-c1cc2ccccc2c2c1oc1ccc3ccccc3c12. The molecule has 18 rings (SSSR count). The number of benzene rings is 15. The lowest BCUT2D eigenvalue weighted by molar-refractivity contribution is -0.137. The van der Waals surface area contributed by atoms with Crippen LogP contribution >= 0.6 is 35.3 Å². The number of fused-ring (bicyclic) bond motifs is 21. The zero-order valence-electron chi connectivity index (χ0n) is 54.1. The second-order valence-electron chi connectivity index (χ2n) is 25.6. The van der Waals surface area contributed by atoms with Crippen molar-refractivity contribution in [3.8, 4) is 33.4 Å². The van der Waals surface area contributed by atoms with Crippen molar-refractivity contribution in [3.05, 3.63) is 286 Å². The van der Waals surface area contributed by atoms with E-state index in [1.165, 1.54) is 0 Å². The predicted octanol–water partition coefficient (Wildman–Crippen LogP) is 24.4. The number of hydrogen-bond donors (Lipinski definition) is 1. The lowest BCUT2D eigenvalue weighted by Crippen LogP contribution is -2.39. The van der Waals surface area contributed by atoms with Gasteiger partial charge in [-0.25, -0.2) is 9.59 Å². The first-order valence-electron chi connectivity index (χ1n) is 33.5. The number of thioether (sulfide) groups is 3. The normalized spacial score (nSPS) is 12.1. The van der Waals surface area contributed by atoms with Gasteiger partial charge in [-0.1, -0.05) is 225 Å². The maximum absolute atomic E-state index is 14.4. The Morgan fingerprint density at radius 2 is 0.670 bits per heavy atom. The lowest BCUT2D eigenvalue weighted by Gasteiger charge is -2.33. The highest BCUT2D eigenvalue weighted by atomic mass is 32.2. The molecule has 18 aromatic rings. The van der Waals surface area contributed by atoms with Gasteiger partial charge < -0.3 is 28.0 Å². The van der Waals surface area contributed by atoms with Crippen LogP contribution < -0.4 is 5.32 Å². The van der Waals surface area contributed by atoms with E-state index in [-0.39, 0.29) is 19.8 Å². The summed E-state index contributed by atoms with van der Waals surface area (Å²) >= 11 is 5.28. The van der Waals surface area contributed by atoms with Crippen LogP contribution in [0.25, 0.3) is 164 Å². The van der Waals surface area contributed by atoms with Crippen LogP contribution in [0.15, 0.2) is 314 Å². The molecule has 482 valence electrons. The molecule has 0 saturated heterocycles. The fourth-order valence-electron chi connectivity index (χ4n) is 14.8. The van der Waals surface area contributed by atoms with Gasteiger partial charge in [-0.2, -0.15) is 0 Å². The van der Waals surface area contributed by atoms with Gasteiger partial charge in [0, 0.05) is 92.4 Å². The molecule has 0 unspecified atom stereocenters. The molecule has 3 aromatic heterocycles. The van der Waals surface area contributed by atoms with Crippen LogP contribution in [-0.4, -0.2) is 49.1 Å². The molecule has 0 radical (unpaired) electrons. The fourth-order valence-corrected chi connectivity index (χ4v) is 18.9. The first-order valence-corrected chi connectivity index (χ1v) is 36.4. The maximum atomic E-state index is 14.4. The minimum atomic E-state index is -0.787. The molecule has 0 saturated carbocycles. The molecule has 0 atom stereocenters. The summed E-state index contributed by atoms with van der Waals surface area (Å²) in [6, 6.07) is 96.8. The van der Waals surface area contributed by atoms with Crippen molar-refractivity contribution in [2.75, 3.05) is 37.0 Å². The number of furan rings is 3. The molecule has 0 aliphatic heterocycles. The van der Waals surface area contributed by atoms with Crippen LogP contribution in [-0.2, 0) is 14.3 Å².